The Kier molecular flexibility index (Phi) is 5.77. The lowest BCUT2D eigenvalue weighted by molar-refractivity contribution is 0.0949. The maximum Gasteiger partial charge on any atom is 0.254 e. The van der Waals surface area contributed by atoms with Crippen LogP contribution in [-0.4, -0.2) is 17.8 Å². The SMILES string of the molecule is O=C(NCCCCBr)c1cc(Cl)ccc1F. The van der Waals surface area contributed by atoms with Gasteiger partial charge in [-0.15, -0.1) is 0 Å². The summed E-state index contributed by atoms with van der Waals surface area (Å²) >= 11 is 8.98. The Morgan fingerprint density at radius 3 is 2.88 bits per heavy atom. The molecule has 1 rings (SSSR count). The zero-order valence-electron chi connectivity index (χ0n) is 8.60. The summed E-state index contributed by atoms with van der Waals surface area (Å²) in [6.07, 6.45) is 1.83. The van der Waals surface area contributed by atoms with Gasteiger partial charge in [0.15, 0.2) is 0 Å². The molecule has 0 unspecified atom stereocenters. The molecule has 16 heavy (non-hydrogen) atoms. The first-order valence-corrected chi connectivity index (χ1v) is 6.44. The van der Waals surface area contributed by atoms with E-state index in [4.69, 9.17) is 11.6 Å². The van der Waals surface area contributed by atoms with E-state index in [1.165, 1.54) is 18.2 Å². The summed E-state index contributed by atoms with van der Waals surface area (Å²) < 4.78 is 13.3. The van der Waals surface area contributed by atoms with E-state index in [2.05, 4.69) is 21.2 Å². The fraction of sp³-hybridized carbons (Fsp3) is 0.364. The van der Waals surface area contributed by atoms with Gasteiger partial charge in [-0.25, -0.2) is 4.39 Å². The van der Waals surface area contributed by atoms with Gasteiger partial charge in [0.25, 0.3) is 5.91 Å². The van der Waals surface area contributed by atoms with Crippen LogP contribution in [0.15, 0.2) is 18.2 Å². The highest BCUT2D eigenvalue weighted by Gasteiger charge is 2.11. The van der Waals surface area contributed by atoms with E-state index in [9.17, 15) is 9.18 Å². The van der Waals surface area contributed by atoms with Crippen molar-refractivity contribution in [2.24, 2.45) is 0 Å². The fourth-order valence-corrected chi connectivity index (χ4v) is 1.76. The van der Waals surface area contributed by atoms with Crippen LogP contribution in [0.2, 0.25) is 5.02 Å². The molecule has 0 saturated carbocycles. The standard InChI is InChI=1S/C11H12BrClFNO/c12-5-1-2-6-15-11(16)9-7-8(13)3-4-10(9)14/h3-4,7H,1-2,5-6H2,(H,15,16). The second-order valence-corrected chi connectivity index (χ2v) is 4.51. The number of halogens is 3. The van der Waals surface area contributed by atoms with Gasteiger partial charge < -0.3 is 5.32 Å². The van der Waals surface area contributed by atoms with E-state index in [-0.39, 0.29) is 5.56 Å². The highest BCUT2D eigenvalue weighted by atomic mass is 79.9. The predicted octanol–water partition coefficient (Wildman–Crippen LogP) is 3.38. The van der Waals surface area contributed by atoms with E-state index < -0.39 is 11.7 Å². The van der Waals surface area contributed by atoms with E-state index in [1.54, 1.807) is 0 Å². The molecule has 0 aliphatic carbocycles. The number of rotatable bonds is 5. The van der Waals surface area contributed by atoms with Gasteiger partial charge in [-0.3, -0.25) is 4.79 Å². The smallest absolute Gasteiger partial charge is 0.254 e. The van der Waals surface area contributed by atoms with Gasteiger partial charge in [-0.2, -0.15) is 0 Å². The average Bonchev–Trinajstić information content (AvgIpc) is 2.27. The fourth-order valence-electron chi connectivity index (χ4n) is 1.19. The Balaban J connectivity index is 2.55. The monoisotopic (exact) mass is 307 g/mol. The van der Waals surface area contributed by atoms with Crippen LogP contribution in [0.4, 0.5) is 4.39 Å². The number of alkyl halides is 1. The molecule has 0 saturated heterocycles. The van der Waals surface area contributed by atoms with Crippen molar-refractivity contribution in [1.82, 2.24) is 5.32 Å². The van der Waals surface area contributed by atoms with Crippen LogP contribution in [0.25, 0.3) is 0 Å². The van der Waals surface area contributed by atoms with E-state index in [0.717, 1.165) is 18.2 Å². The lowest BCUT2D eigenvalue weighted by atomic mass is 10.2. The lowest BCUT2D eigenvalue weighted by Crippen LogP contribution is -2.25. The number of hydrogen-bond donors (Lipinski definition) is 1. The van der Waals surface area contributed by atoms with Gasteiger partial charge in [0.05, 0.1) is 5.56 Å². The van der Waals surface area contributed by atoms with Gasteiger partial charge >= 0.3 is 0 Å². The molecule has 0 aromatic heterocycles. The Hall–Kier alpha value is -0.610. The molecule has 2 nitrogen and oxygen atoms in total. The van der Waals surface area contributed by atoms with Crippen molar-refractivity contribution in [3.05, 3.63) is 34.6 Å². The second-order valence-electron chi connectivity index (χ2n) is 3.28. The second kappa shape index (κ2) is 6.86. The number of benzene rings is 1. The average molecular weight is 309 g/mol. The van der Waals surface area contributed by atoms with Crippen LogP contribution in [0.1, 0.15) is 23.2 Å². The first kappa shape index (κ1) is 13.5. The molecule has 0 spiro atoms. The zero-order chi connectivity index (χ0) is 12.0. The van der Waals surface area contributed by atoms with Gasteiger partial charge in [0, 0.05) is 16.9 Å². The number of unbranched alkanes of at least 4 members (excludes halogenated alkanes) is 1. The van der Waals surface area contributed by atoms with Crippen molar-refractivity contribution in [3.63, 3.8) is 0 Å². The van der Waals surface area contributed by atoms with Crippen molar-refractivity contribution in [2.45, 2.75) is 12.8 Å². The molecule has 5 heteroatoms. The van der Waals surface area contributed by atoms with Crippen LogP contribution in [0.5, 0.6) is 0 Å². The van der Waals surface area contributed by atoms with Crippen LogP contribution in [0.3, 0.4) is 0 Å². The molecule has 0 atom stereocenters. The topological polar surface area (TPSA) is 29.1 Å². The largest absolute Gasteiger partial charge is 0.352 e. The summed E-state index contributed by atoms with van der Waals surface area (Å²) in [6, 6.07) is 3.94. The Morgan fingerprint density at radius 2 is 2.19 bits per heavy atom. The summed E-state index contributed by atoms with van der Waals surface area (Å²) in [7, 11) is 0. The minimum atomic E-state index is -0.553. The number of hydrogen-bond acceptors (Lipinski definition) is 1. The van der Waals surface area contributed by atoms with Crippen molar-refractivity contribution >= 4 is 33.4 Å². The number of carbonyl (C=O) groups excluding carboxylic acids is 1. The molecule has 1 aromatic rings. The molecular formula is C11H12BrClFNO. The molecule has 0 aliphatic heterocycles. The summed E-state index contributed by atoms with van der Waals surface area (Å²) in [5.41, 5.74) is -0.00802. The van der Waals surface area contributed by atoms with Crippen molar-refractivity contribution < 1.29 is 9.18 Å². The van der Waals surface area contributed by atoms with Gasteiger partial charge in [0.1, 0.15) is 5.82 Å². The maximum absolute atomic E-state index is 13.3. The van der Waals surface area contributed by atoms with Crippen molar-refractivity contribution in [2.75, 3.05) is 11.9 Å². The van der Waals surface area contributed by atoms with Crippen LogP contribution < -0.4 is 5.32 Å². The minimum absolute atomic E-state index is 0.00802. The van der Waals surface area contributed by atoms with Gasteiger partial charge in [-0.1, -0.05) is 27.5 Å². The molecule has 0 heterocycles. The quantitative estimate of drug-likeness (QED) is 0.656. The Morgan fingerprint density at radius 1 is 1.44 bits per heavy atom. The molecule has 1 N–H and O–H groups in total. The number of nitrogens with one attached hydrogen (secondary N) is 1. The molecule has 0 aliphatic rings. The van der Waals surface area contributed by atoms with Gasteiger partial charge in [0.2, 0.25) is 0 Å². The van der Waals surface area contributed by atoms with Gasteiger partial charge in [-0.05, 0) is 31.0 Å². The lowest BCUT2D eigenvalue weighted by Gasteiger charge is -2.05. The van der Waals surface area contributed by atoms with Crippen LogP contribution in [-0.2, 0) is 0 Å². The summed E-state index contributed by atoms with van der Waals surface area (Å²) in [5, 5.41) is 3.89. The molecular weight excluding hydrogens is 296 g/mol. The molecule has 1 aromatic carbocycles. The van der Waals surface area contributed by atoms with Crippen LogP contribution in [0, 0.1) is 5.82 Å². The Bertz CT molecular complexity index is 373. The van der Waals surface area contributed by atoms with Crippen LogP contribution >= 0.6 is 27.5 Å². The Labute approximate surface area is 107 Å². The highest BCUT2D eigenvalue weighted by molar-refractivity contribution is 9.09. The molecule has 88 valence electrons. The molecule has 0 bridgehead atoms. The van der Waals surface area contributed by atoms with E-state index in [0.29, 0.717) is 11.6 Å². The molecule has 0 fully saturated rings. The maximum atomic E-state index is 13.3. The summed E-state index contributed by atoms with van der Waals surface area (Å²) in [5.74, 6) is -0.975. The third-order valence-electron chi connectivity index (χ3n) is 2.02. The summed E-state index contributed by atoms with van der Waals surface area (Å²) in [6.45, 7) is 0.538. The predicted molar refractivity (Wildman–Crippen MR) is 66.8 cm³/mol. The van der Waals surface area contributed by atoms with Crippen molar-refractivity contribution in [3.8, 4) is 0 Å². The molecule has 1 amide bonds. The van der Waals surface area contributed by atoms with Crippen molar-refractivity contribution in [1.29, 1.82) is 0 Å². The summed E-state index contributed by atoms with van der Waals surface area (Å²) in [4.78, 5) is 11.6. The first-order chi connectivity index (χ1) is 7.65. The number of amides is 1. The molecule has 0 radical (unpaired) electrons. The zero-order valence-corrected chi connectivity index (χ0v) is 10.9. The highest BCUT2D eigenvalue weighted by Crippen LogP contribution is 2.14. The third kappa shape index (κ3) is 4.10. The normalized spacial score (nSPS) is 10.2. The number of carbonyl (C=O) groups is 1. The first-order valence-electron chi connectivity index (χ1n) is 4.94. The van der Waals surface area contributed by atoms with E-state index >= 15 is 0 Å². The minimum Gasteiger partial charge on any atom is -0.352 e. The third-order valence-corrected chi connectivity index (χ3v) is 2.81. The van der Waals surface area contributed by atoms with E-state index in [1.807, 2.05) is 0 Å².